The van der Waals surface area contributed by atoms with E-state index in [9.17, 15) is 20.1 Å². The molecule has 1 aliphatic heterocycles. The lowest BCUT2D eigenvalue weighted by Gasteiger charge is -2.39. The zero-order valence-electron chi connectivity index (χ0n) is 12.4. The van der Waals surface area contributed by atoms with E-state index >= 15 is 0 Å². The molecule has 0 saturated carbocycles. The number of ether oxygens (including phenoxy) is 2. The third-order valence-electron chi connectivity index (χ3n) is 3.39. The second kappa shape index (κ2) is 7.43. The highest BCUT2D eigenvalue weighted by Gasteiger charge is 2.44. The van der Waals surface area contributed by atoms with Gasteiger partial charge in [0.2, 0.25) is 0 Å². The number of carbonyl (C=O) groups excluding carboxylic acids is 1. The molecule has 1 fully saturated rings. The Bertz CT molecular complexity index is 505. The van der Waals surface area contributed by atoms with Crippen molar-refractivity contribution in [2.75, 3.05) is 6.61 Å². The van der Waals surface area contributed by atoms with Gasteiger partial charge in [-0.05, 0) is 19.1 Å². The number of thioether (sulfide) groups is 1. The van der Waals surface area contributed by atoms with E-state index in [4.69, 9.17) is 9.47 Å². The van der Waals surface area contributed by atoms with Crippen LogP contribution in [0.1, 0.15) is 12.5 Å². The first-order valence-corrected chi connectivity index (χ1v) is 7.83. The Hall–Kier alpha value is -1.12. The van der Waals surface area contributed by atoms with Crippen LogP contribution in [-0.2, 0) is 14.3 Å². The SMILES string of the molecule is CC(=O)OC[C@H]1O[C@H](Sc2ccc(C)cc2)[C@@H](O)[C@@H](O)[C@@H]1O. The highest BCUT2D eigenvalue weighted by Crippen LogP contribution is 2.33. The minimum absolute atomic E-state index is 0.175. The van der Waals surface area contributed by atoms with Gasteiger partial charge in [0.15, 0.2) is 0 Å². The van der Waals surface area contributed by atoms with Gasteiger partial charge in [-0.3, -0.25) is 4.79 Å². The predicted octanol–water partition coefficient (Wildman–Crippen LogP) is 0.458. The van der Waals surface area contributed by atoms with Gasteiger partial charge in [-0.1, -0.05) is 29.5 Å². The number of benzene rings is 1. The lowest BCUT2D eigenvalue weighted by atomic mass is 10.0. The van der Waals surface area contributed by atoms with Crippen molar-refractivity contribution >= 4 is 17.7 Å². The fourth-order valence-electron chi connectivity index (χ4n) is 2.10. The summed E-state index contributed by atoms with van der Waals surface area (Å²) in [5, 5.41) is 29.9. The van der Waals surface area contributed by atoms with Crippen LogP contribution >= 0.6 is 11.8 Å². The van der Waals surface area contributed by atoms with E-state index in [2.05, 4.69) is 0 Å². The van der Waals surface area contributed by atoms with Crippen molar-refractivity contribution in [3.8, 4) is 0 Å². The van der Waals surface area contributed by atoms with Crippen LogP contribution in [0.15, 0.2) is 29.2 Å². The van der Waals surface area contributed by atoms with Crippen LogP contribution in [0, 0.1) is 6.92 Å². The van der Waals surface area contributed by atoms with E-state index in [-0.39, 0.29) is 6.61 Å². The molecule has 5 atom stereocenters. The Balaban J connectivity index is 2.05. The van der Waals surface area contributed by atoms with E-state index in [1.165, 1.54) is 18.7 Å². The van der Waals surface area contributed by atoms with Crippen molar-refractivity contribution in [2.24, 2.45) is 0 Å². The van der Waals surface area contributed by atoms with Gasteiger partial charge in [-0.25, -0.2) is 0 Å². The van der Waals surface area contributed by atoms with Crippen molar-refractivity contribution < 1.29 is 29.6 Å². The Morgan fingerprint density at radius 3 is 2.41 bits per heavy atom. The highest BCUT2D eigenvalue weighted by molar-refractivity contribution is 7.99. The van der Waals surface area contributed by atoms with Crippen LogP contribution in [0.3, 0.4) is 0 Å². The van der Waals surface area contributed by atoms with E-state index < -0.39 is 35.8 Å². The van der Waals surface area contributed by atoms with E-state index in [1.807, 2.05) is 31.2 Å². The van der Waals surface area contributed by atoms with Crippen LogP contribution in [0.25, 0.3) is 0 Å². The normalized spacial score (nSPS) is 31.8. The first-order valence-electron chi connectivity index (χ1n) is 6.95. The number of aliphatic hydroxyl groups is 3. The fraction of sp³-hybridized carbons (Fsp3) is 0.533. The Labute approximate surface area is 133 Å². The number of esters is 1. The third-order valence-corrected chi connectivity index (χ3v) is 4.56. The molecule has 0 bridgehead atoms. The second-order valence-corrected chi connectivity index (χ2v) is 6.42. The molecule has 6 nitrogen and oxygen atoms in total. The molecule has 7 heteroatoms. The topological polar surface area (TPSA) is 96.2 Å². The standard InChI is InChI=1S/C15H20O6S/c1-8-3-5-10(6-4-8)22-15-14(19)13(18)12(17)11(21-15)7-20-9(2)16/h3-6,11-15,17-19H,7H2,1-2H3/t11-,12-,13+,14+,15-/m1/s1. The largest absolute Gasteiger partial charge is 0.463 e. The number of carbonyl (C=O) groups is 1. The van der Waals surface area contributed by atoms with Gasteiger partial charge < -0.3 is 24.8 Å². The quantitative estimate of drug-likeness (QED) is 0.691. The number of aliphatic hydroxyl groups excluding tert-OH is 3. The van der Waals surface area contributed by atoms with Crippen LogP contribution in [0.4, 0.5) is 0 Å². The number of hydrogen-bond acceptors (Lipinski definition) is 7. The zero-order valence-corrected chi connectivity index (χ0v) is 13.2. The molecule has 0 radical (unpaired) electrons. The van der Waals surface area contributed by atoms with Crippen molar-refractivity contribution in [2.45, 2.75) is 48.6 Å². The van der Waals surface area contributed by atoms with Gasteiger partial charge in [-0.15, -0.1) is 0 Å². The summed E-state index contributed by atoms with van der Waals surface area (Å²) in [4.78, 5) is 11.7. The molecular weight excluding hydrogens is 308 g/mol. The van der Waals surface area contributed by atoms with Gasteiger partial charge >= 0.3 is 5.97 Å². The molecule has 1 aromatic carbocycles. The summed E-state index contributed by atoms with van der Waals surface area (Å²) in [6.07, 6.45) is -4.80. The van der Waals surface area contributed by atoms with Crippen LogP contribution in [0.2, 0.25) is 0 Å². The van der Waals surface area contributed by atoms with Gasteiger partial charge in [0.05, 0.1) is 0 Å². The van der Waals surface area contributed by atoms with Gasteiger partial charge in [0, 0.05) is 11.8 Å². The molecule has 22 heavy (non-hydrogen) atoms. The summed E-state index contributed by atoms with van der Waals surface area (Å²) < 4.78 is 10.4. The minimum Gasteiger partial charge on any atom is -0.463 e. The highest BCUT2D eigenvalue weighted by atomic mass is 32.2. The summed E-state index contributed by atoms with van der Waals surface area (Å²) in [5.74, 6) is -0.501. The van der Waals surface area contributed by atoms with Crippen LogP contribution < -0.4 is 0 Å². The summed E-state index contributed by atoms with van der Waals surface area (Å²) in [6.45, 7) is 3.04. The monoisotopic (exact) mass is 328 g/mol. The maximum absolute atomic E-state index is 10.9. The first-order chi connectivity index (χ1) is 10.4. The average Bonchev–Trinajstić information content (AvgIpc) is 2.48. The number of hydrogen-bond donors (Lipinski definition) is 3. The van der Waals surface area contributed by atoms with Crippen LogP contribution in [0.5, 0.6) is 0 Å². The lowest BCUT2D eigenvalue weighted by molar-refractivity contribution is -0.210. The summed E-state index contributed by atoms with van der Waals surface area (Å²) >= 11 is 1.24. The maximum Gasteiger partial charge on any atom is 0.302 e. The Kier molecular flexibility index (Phi) is 5.82. The van der Waals surface area contributed by atoms with Crippen molar-refractivity contribution in [3.63, 3.8) is 0 Å². The molecule has 0 amide bonds. The zero-order chi connectivity index (χ0) is 16.3. The molecule has 0 spiro atoms. The van der Waals surface area contributed by atoms with Crippen molar-refractivity contribution in [3.05, 3.63) is 29.8 Å². The molecule has 2 rings (SSSR count). The first kappa shape index (κ1) is 17.2. The second-order valence-electron chi connectivity index (χ2n) is 5.25. The molecule has 1 heterocycles. The lowest BCUT2D eigenvalue weighted by Crippen LogP contribution is -2.57. The van der Waals surface area contributed by atoms with Gasteiger partial charge in [0.1, 0.15) is 36.5 Å². The molecule has 0 unspecified atom stereocenters. The smallest absolute Gasteiger partial charge is 0.302 e. The molecule has 3 N–H and O–H groups in total. The molecule has 1 saturated heterocycles. The minimum atomic E-state index is -1.36. The molecule has 0 aromatic heterocycles. The molecule has 122 valence electrons. The molecule has 0 aliphatic carbocycles. The maximum atomic E-state index is 10.9. The predicted molar refractivity (Wildman–Crippen MR) is 80.4 cm³/mol. The van der Waals surface area contributed by atoms with Crippen LogP contribution in [-0.4, -0.2) is 57.7 Å². The van der Waals surface area contributed by atoms with Crippen molar-refractivity contribution in [1.82, 2.24) is 0 Å². The fourth-order valence-corrected chi connectivity index (χ4v) is 3.16. The number of rotatable bonds is 4. The van der Waals surface area contributed by atoms with Gasteiger partial charge in [0.25, 0.3) is 0 Å². The van der Waals surface area contributed by atoms with E-state index in [0.717, 1.165) is 10.5 Å². The Morgan fingerprint density at radius 1 is 1.18 bits per heavy atom. The number of aryl methyl sites for hydroxylation is 1. The summed E-state index contributed by atoms with van der Waals surface area (Å²) in [6, 6.07) is 7.63. The van der Waals surface area contributed by atoms with Crippen molar-refractivity contribution in [1.29, 1.82) is 0 Å². The van der Waals surface area contributed by atoms with E-state index in [1.54, 1.807) is 0 Å². The Morgan fingerprint density at radius 2 is 1.82 bits per heavy atom. The van der Waals surface area contributed by atoms with Gasteiger partial charge in [-0.2, -0.15) is 0 Å². The van der Waals surface area contributed by atoms with E-state index in [0.29, 0.717) is 0 Å². The summed E-state index contributed by atoms with van der Waals surface area (Å²) in [5.41, 5.74) is 0.347. The molecule has 1 aromatic rings. The summed E-state index contributed by atoms with van der Waals surface area (Å²) in [7, 11) is 0. The molecular formula is C15H20O6S. The molecule has 1 aliphatic rings. The average molecular weight is 328 g/mol. The third kappa shape index (κ3) is 4.21.